The Morgan fingerprint density at radius 3 is 2.48 bits per heavy atom. The van der Waals surface area contributed by atoms with Crippen molar-refractivity contribution in [2.45, 2.75) is 34.2 Å². The van der Waals surface area contributed by atoms with Gasteiger partial charge >= 0.3 is 5.97 Å². The molecule has 0 saturated carbocycles. The summed E-state index contributed by atoms with van der Waals surface area (Å²) < 4.78 is 5.69. The van der Waals surface area contributed by atoms with Crippen molar-refractivity contribution in [3.05, 3.63) is 23.3 Å². The molecule has 0 aliphatic carbocycles. The number of hydrogen-bond acceptors (Lipinski definition) is 6. The van der Waals surface area contributed by atoms with Crippen LogP contribution >= 0.6 is 11.3 Å². The van der Waals surface area contributed by atoms with Gasteiger partial charge in [-0.3, -0.25) is 9.69 Å². The number of thiophene rings is 1. The van der Waals surface area contributed by atoms with Gasteiger partial charge in [-0.25, -0.2) is 4.79 Å². The molecule has 0 unspecified atom stereocenters. The summed E-state index contributed by atoms with van der Waals surface area (Å²) in [5, 5.41) is 14.4. The molecule has 2 aromatic rings. The van der Waals surface area contributed by atoms with Gasteiger partial charge in [0.15, 0.2) is 0 Å². The second-order valence-corrected chi connectivity index (χ2v) is 6.64. The molecule has 0 atom stereocenters. The Morgan fingerprint density at radius 2 is 1.92 bits per heavy atom. The molecular weight excluding hydrogens is 340 g/mol. The largest absolute Gasteiger partial charge is 0.506 e. The van der Waals surface area contributed by atoms with E-state index in [1.165, 1.54) is 18.3 Å². The van der Waals surface area contributed by atoms with E-state index >= 15 is 0 Å². The van der Waals surface area contributed by atoms with Crippen LogP contribution < -0.4 is 5.32 Å². The first kappa shape index (κ1) is 19.2. The van der Waals surface area contributed by atoms with Crippen molar-refractivity contribution >= 4 is 38.3 Å². The molecule has 1 aromatic carbocycles. The van der Waals surface area contributed by atoms with Crippen LogP contribution in [0, 0.1) is 0 Å². The van der Waals surface area contributed by atoms with Crippen LogP contribution in [-0.2, 0) is 16.1 Å². The zero-order chi connectivity index (χ0) is 18.6. The molecule has 6 nitrogen and oxygen atoms in total. The minimum atomic E-state index is -0.506. The zero-order valence-corrected chi connectivity index (χ0v) is 15.8. The number of esters is 1. The van der Waals surface area contributed by atoms with E-state index in [1.54, 1.807) is 6.92 Å². The van der Waals surface area contributed by atoms with E-state index in [2.05, 4.69) is 24.1 Å². The summed E-state index contributed by atoms with van der Waals surface area (Å²) >= 11 is 1.19. The van der Waals surface area contributed by atoms with E-state index in [4.69, 9.17) is 4.74 Å². The predicted molar refractivity (Wildman–Crippen MR) is 100 cm³/mol. The summed E-state index contributed by atoms with van der Waals surface area (Å²) in [5.41, 5.74) is 1.09. The van der Waals surface area contributed by atoms with E-state index < -0.39 is 5.97 Å². The average Bonchev–Trinajstić information content (AvgIpc) is 2.92. The summed E-state index contributed by atoms with van der Waals surface area (Å²) in [5.74, 6) is -0.634. The fourth-order valence-electron chi connectivity index (χ4n) is 2.66. The standard InChI is InChI=1S/C18H24N2O4S/c1-5-20(6-2)10-12-8-9-13-14(18(23)24-7-3)17(19-11(4)21)25-16(13)15(12)22/h8-9,22H,5-7,10H2,1-4H3,(H,19,21). The molecule has 0 radical (unpaired) electrons. The number of rotatable bonds is 7. The topological polar surface area (TPSA) is 78.9 Å². The van der Waals surface area contributed by atoms with Gasteiger partial charge in [0.25, 0.3) is 0 Å². The monoisotopic (exact) mass is 364 g/mol. The van der Waals surface area contributed by atoms with Gasteiger partial charge in [-0.15, -0.1) is 11.3 Å². The van der Waals surface area contributed by atoms with Crippen LogP contribution in [0.1, 0.15) is 43.6 Å². The highest BCUT2D eigenvalue weighted by Gasteiger charge is 2.24. The first-order valence-electron chi connectivity index (χ1n) is 8.37. The van der Waals surface area contributed by atoms with Gasteiger partial charge in [0, 0.05) is 24.4 Å². The lowest BCUT2D eigenvalue weighted by atomic mass is 10.1. The molecule has 1 amide bonds. The number of amides is 1. The number of nitrogens with one attached hydrogen (secondary N) is 1. The second-order valence-electron chi connectivity index (χ2n) is 5.62. The van der Waals surface area contributed by atoms with Crippen molar-refractivity contribution in [2.24, 2.45) is 0 Å². The zero-order valence-electron chi connectivity index (χ0n) is 15.0. The van der Waals surface area contributed by atoms with Gasteiger partial charge in [-0.1, -0.05) is 26.0 Å². The molecule has 0 saturated heterocycles. The van der Waals surface area contributed by atoms with E-state index in [9.17, 15) is 14.7 Å². The number of phenolic OH excluding ortho intramolecular Hbond substituents is 1. The van der Waals surface area contributed by atoms with Gasteiger partial charge in [0.1, 0.15) is 16.3 Å². The van der Waals surface area contributed by atoms with Gasteiger partial charge in [0.05, 0.1) is 11.3 Å². The third-order valence-electron chi connectivity index (χ3n) is 3.97. The van der Waals surface area contributed by atoms with Gasteiger partial charge in [0.2, 0.25) is 5.91 Å². The number of anilines is 1. The Hall–Kier alpha value is -2.12. The lowest BCUT2D eigenvalue weighted by Crippen LogP contribution is -2.22. The Bertz CT molecular complexity index is 781. The van der Waals surface area contributed by atoms with Crippen LogP contribution in [0.3, 0.4) is 0 Å². The highest BCUT2D eigenvalue weighted by molar-refractivity contribution is 7.23. The van der Waals surface area contributed by atoms with Crippen molar-refractivity contribution in [3.63, 3.8) is 0 Å². The quantitative estimate of drug-likeness (QED) is 0.734. The number of aromatic hydroxyl groups is 1. The van der Waals surface area contributed by atoms with Crippen molar-refractivity contribution < 1.29 is 19.4 Å². The van der Waals surface area contributed by atoms with Gasteiger partial charge in [-0.2, -0.15) is 0 Å². The van der Waals surface area contributed by atoms with Crippen molar-refractivity contribution in [1.82, 2.24) is 4.90 Å². The third kappa shape index (κ3) is 4.11. The number of ether oxygens (including phenoxy) is 1. The molecule has 0 fully saturated rings. The van der Waals surface area contributed by atoms with Gasteiger partial charge in [-0.05, 0) is 20.0 Å². The van der Waals surface area contributed by atoms with Crippen LogP contribution in [0.25, 0.3) is 10.1 Å². The van der Waals surface area contributed by atoms with E-state index in [0.717, 1.165) is 18.7 Å². The minimum Gasteiger partial charge on any atom is -0.506 e. The van der Waals surface area contributed by atoms with Crippen LogP contribution in [0.2, 0.25) is 0 Å². The molecule has 0 aliphatic rings. The Balaban J connectivity index is 2.57. The predicted octanol–water partition coefficient (Wildman–Crippen LogP) is 3.58. The number of benzene rings is 1. The fourth-order valence-corrected chi connectivity index (χ4v) is 3.86. The van der Waals surface area contributed by atoms with Crippen LogP contribution in [0.15, 0.2) is 12.1 Å². The molecule has 25 heavy (non-hydrogen) atoms. The number of hydrogen-bond donors (Lipinski definition) is 2. The normalized spacial score (nSPS) is 11.1. The Kier molecular flexibility index (Phi) is 6.39. The van der Waals surface area contributed by atoms with Gasteiger partial charge < -0.3 is 15.2 Å². The van der Waals surface area contributed by atoms with Crippen molar-refractivity contribution in [2.75, 3.05) is 25.0 Å². The molecule has 2 N–H and O–H groups in total. The van der Waals surface area contributed by atoms with E-state index in [1.807, 2.05) is 12.1 Å². The molecule has 136 valence electrons. The Morgan fingerprint density at radius 1 is 1.24 bits per heavy atom. The molecular formula is C18H24N2O4S. The van der Waals surface area contributed by atoms with Crippen LogP contribution in [-0.4, -0.2) is 41.6 Å². The Labute approximate surface area is 151 Å². The number of carbonyl (C=O) groups is 2. The summed E-state index contributed by atoms with van der Waals surface area (Å²) in [4.78, 5) is 26.0. The summed E-state index contributed by atoms with van der Waals surface area (Å²) in [6.07, 6.45) is 0. The summed E-state index contributed by atoms with van der Waals surface area (Å²) in [7, 11) is 0. The first-order valence-corrected chi connectivity index (χ1v) is 9.18. The smallest absolute Gasteiger partial charge is 0.341 e. The summed E-state index contributed by atoms with van der Waals surface area (Å²) in [6.45, 7) is 9.86. The van der Waals surface area contributed by atoms with Crippen LogP contribution in [0.5, 0.6) is 5.75 Å². The van der Waals surface area contributed by atoms with Crippen molar-refractivity contribution in [3.8, 4) is 5.75 Å². The highest BCUT2D eigenvalue weighted by Crippen LogP contribution is 2.42. The lowest BCUT2D eigenvalue weighted by Gasteiger charge is -2.18. The second kappa shape index (κ2) is 8.31. The molecule has 1 heterocycles. The first-order chi connectivity index (χ1) is 11.9. The third-order valence-corrected chi connectivity index (χ3v) is 5.10. The lowest BCUT2D eigenvalue weighted by molar-refractivity contribution is -0.114. The molecule has 7 heteroatoms. The molecule has 0 bridgehead atoms. The maximum atomic E-state index is 12.3. The molecule has 1 aromatic heterocycles. The van der Waals surface area contributed by atoms with E-state index in [-0.39, 0.29) is 18.3 Å². The molecule has 0 spiro atoms. The SMILES string of the molecule is CCOC(=O)c1c(NC(C)=O)sc2c(O)c(CN(CC)CC)ccc12. The van der Waals surface area contributed by atoms with Crippen LogP contribution in [0.4, 0.5) is 5.00 Å². The highest BCUT2D eigenvalue weighted by atomic mass is 32.1. The van der Waals surface area contributed by atoms with E-state index in [0.29, 0.717) is 27.2 Å². The minimum absolute atomic E-state index is 0.150. The maximum absolute atomic E-state index is 12.3. The molecule has 0 aliphatic heterocycles. The molecule has 2 rings (SSSR count). The number of nitrogens with zero attached hydrogens (tertiary/aromatic N) is 1. The maximum Gasteiger partial charge on any atom is 0.341 e. The fraction of sp³-hybridized carbons (Fsp3) is 0.444. The number of carbonyl (C=O) groups excluding carboxylic acids is 2. The number of phenols is 1. The summed E-state index contributed by atoms with van der Waals surface area (Å²) in [6, 6.07) is 3.63. The van der Waals surface area contributed by atoms with Crippen molar-refractivity contribution in [1.29, 1.82) is 0 Å². The average molecular weight is 364 g/mol. The number of fused-ring (bicyclic) bond motifs is 1.